The second-order valence-electron chi connectivity index (χ2n) is 4.42. The van der Waals surface area contributed by atoms with Gasteiger partial charge >= 0.3 is 0 Å². The Kier molecular flexibility index (Phi) is 4.49. The van der Waals surface area contributed by atoms with Crippen molar-refractivity contribution in [1.29, 1.82) is 0 Å². The van der Waals surface area contributed by atoms with E-state index in [9.17, 15) is 0 Å². The summed E-state index contributed by atoms with van der Waals surface area (Å²) in [5.74, 6) is 0. The van der Waals surface area contributed by atoms with E-state index in [2.05, 4.69) is 11.4 Å². The molecule has 2 rings (SSSR count). The van der Waals surface area contributed by atoms with Crippen LogP contribution >= 0.6 is 23.2 Å². The van der Waals surface area contributed by atoms with E-state index in [0.717, 1.165) is 0 Å². The molecule has 0 heterocycles. The van der Waals surface area contributed by atoms with Gasteiger partial charge in [-0.2, -0.15) is 0 Å². The molecule has 0 fully saturated rings. The lowest BCUT2D eigenvalue weighted by molar-refractivity contribution is 0.593. The lowest BCUT2D eigenvalue weighted by Gasteiger charge is -2.23. The Morgan fingerprint density at radius 1 is 1.18 bits per heavy atom. The highest BCUT2D eigenvalue weighted by atomic mass is 35.5. The van der Waals surface area contributed by atoms with Crippen LogP contribution in [0.2, 0.25) is 10.0 Å². The maximum atomic E-state index is 6.07. The number of allylic oxidation sites excluding steroid dienone is 1. The summed E-state index contributed by atoms with van der Waals surface area (Å²) in [4.78, 5) is 0. The van der Waals surface area contributed by atoms with Gasteiger partial charge in [-0.1, -0.05) is 40.9 Å². The molecule has 1 N–H and O–H groups in total. The normalized spacial score (nSPS) is 17.7. The van der Waals surface area contributed by atoms with Crippen molar-refractivity contribution in [2.24, 2.45) is 0 Å². The standard InChI is InChI=1S/C14H17Cl2N/c1-17-14(10-5-3-2-4-6-10)11-7-8-12(15)13(16)9-11/h5,7-9,14,17H,2-4,6H2,1H3. The fourth-order valence-corrected chi connectivity index (χ4v) is 2.69. The molecule has 1 aliphatic carbocycles. The first kappa shape index (κ1) is 12.9. The third kappa shape index (κ3) is 3.04. The van der Waals surface area contributed by atoms with E-state index in [1.165, 1.54) is 36.8 Å². The SMILES string of the molecule is CNC(C1=CCCCC1)c1ccc(Cl)c(Cl)c1. The van der Waals surface area contributed by atoms with Crippen LogP contribution in [0.5, 0.6) is 0 Å². The van der Waals surface area contributed by atoms with Crippen LogP contribution < -0.4 is 5.32 Å². The van der Waals surface area contributed by atoms with E-state index in [4.69, 9.17) is 23.2 Å². The number of rotatable bonds is 3. The molecule has 0 aromatic heterocycles. The first-order valence-corrected chi connectivity index (χ1v) is 6.79. The van der Waals surface area contributed by atoms with Crippen LogP contribution in [0, 0.1) is 0 Å². The number of likely N-dealkylation sites (N-methyl/N-ethyl adjacent to an activating group) is 1. The zero-order chi connectivity index (χ0) is 12.3. The minimum atomic E-state index is 0.269. The molecule has 1 atom stereocenters. The average Bonchev–Trinajstić information content (AvgIpc) is 2.36. The maximum absolute atomic E-state index is 6.07. The summed E-state index contributed by atoms with van der Waals surface area (Å²) in [6, 6.07) is 6.14. The van der Waals surface area contributed by atoms with Crippen molar-refractivity contribution in [1.82, 2.24) is 5.32 Å². The van der Waals surface area contributed by atoms with Gasteiger partial charge < -0.3 is 5.32 Å². The van der Waals surface area contributed by atoms with E-state index in [0.29, 0.717) is 10.0 Å². The summed E-state index contributed by atoms with van der Waals surface area (Å²) in [6.07, 6.45) is 7.31. The zero-order valence-electron chi connectivity index (χ0n) is 9.97. The third-order valence-corrected chi connectivity index (χ3v) is 4.00. The zero-order valence-corrected chi connectivity index (χ0v) is 11.5. The van der Waals surface area contributed by atoms with Gasteiger partial charge in [-0.05, 0) is 50.4 Å². The van der Waals surface area contributed by atoms with Crippen molar-refractivity contribution >= 4 is 23.2 Å². The fraction of sp³-hybridized carbons (Fsp3) is 0.429. The first-order chi connectivity index (χ1) is 8.22. The van der Waals surface area contributed by atoms with E-state index in [-0.39, 0.29) is 6.04 Å². The van der Waals surface area contributed by atoms with Crippen molar-refractivity contribution in [2.75, 3.05) is 7.05 Å². The van der Waals surface area contributed by atoms with E-state index in [1.807, 2.05) is 25.2 Å². The highest BCUT2D eigenvalue weighted by Crippen LogP contribution is 2.32. The van der Waals surface area contributed by atoms with Gasteiger partial charge in [-0.3, -0.25) is 0 Å². The molecule has 1 aliphatic rings. The van der Waals surface area contributed by atoms with Crippen molar-refractivity contribution in [3.63, 3.8) is 0 Å². The predicted octanol–water partition coefficient (Wildman–Crippen LogP) is 4.75. The van der Waals surface area contributed by atoms with Gasteiger partial charge in [0.15, 0.2) is 0 Å². The van der Waals surface area contributed by atoms with Crippen LogP contribution in [0.15, 0.2) is 29.8 Å². The number of hydrogen-bond acceptors (Lipinski definition) is 1. The van der Waals surface area contributed by atoms with Gasteiger partial charge in [0.2, 0.25) is 0 Å². The molecule has 1 aromatic rings. The molecule has 0 saturated carbocycles. The average molecular weight is 270 g/mol. The highest BCUT2D eigenvalue weighted by Gasteiger charge is 2.17. The molecule has 3 heteroatoms. The summed E-state index contributed by atoms with van der Waals surface area (Å²) in [7, 11) is 1.99. The number of nitrogens with one attached hydrogen (secondary N) is 1. The molecule has 0 aliphatic heterocycles. The smallest absolute Gasteiger partial charge is 0.0595 e. The van der Waals surface area contributed by atoms with E-state index < -0.39 is 0 Å². The first-order valence-electron chi connectivity index (χ1n) is 6.03. The van der Waals surface area contributed by atoms with Crippen LogP contribution in [0.4, 0.5) is 0 Å². The summed E-state index contributed by atoms with van der Waals surface area (Å²) in [6.45, 7) is 0. The Morgan fingerprint density at radius 3 is 2.59 bits per heavy atom. The number of hydrogen-bond donors (Lipinski definition) is 1. The molecule has 0 radical (unpaired) electrons. The summed E-state index contributed by atoms with van der Waals surface area (Å²) in [5.41, 5.74) is 2.66. The quantitative estimate of drug-likeness (QED) is 0.781. The second-order valence-corrected chi connectivity index (χ2v) is 5.23. The fourth-order valence-electron chi connectivity index (χ4n) is 2.38. The van der Waals surface area contributed by atoms with E-state index in [1.54, 1.807) is 0 Å². The number of halogens is 2. The topological polar surface area (TPSA) is 12.0 Å². The lowest BCUT2D eigenvalue weighted by atomic mass is 9.90. The highest BCUT2D eigenvalue weighted by molar-refractivity contribution is 6.42. The molecule has 0 spiro atoms. The minimum absolute atomic E-state index is 0.269. The maximum Gasteiger partial charge on any atom is 0.0595 e. The summed E-state index contributed by atoms with van der Waals surface area (Å²) in [5, 5.41) is 4.60. The Morgan fingerprint density at radius 2 is 2.00 bits per heavy atom. The Balaban J connectivity index is 2.28. The van der Waals surface area contributed by atoms with Crippen molar-refractivity contribution in [2.45, 2.75) is 31.7 Å². The van der Waals surface area contributed by atoms with Crippen LogP contribution in [0.25, 0.3) is 0 Å². The largest absolute Gasteiger partial charge is 0.310 e. The molecular formula is C14H17Cl2N. The van der Waals surface area contributed by atoms with Gasteiger partial charge in [0.1, 0.15) is 0 Å². The van der Waals surface area contributed by atoms with Crippen LogP contribution in [-0.2, 0) is 0 Å². The molecular weight excluding hydrogens is 253 g/mol. The van der Waals surface area contributed by atoms with Gasteiger partial charge in [0, 0.05) is 0 Å². The van der Waals surface area contributed by atoms with Crippen molar-refractivity contribution in [3.8, 4) is 0 Å². The van der Waals surface area contributed by atoms with Crippen LogP contribution in [0.3, 0.4) is 0 Å². The lowest BCUT2D eigenvalue weighted by Crippen LogP contribution is -2.19. The Labute approximate surface area is 113 Å². The second kappa shape index (κ2) is 5.90. The molecule has 0 bridgehead atoms. The monoisotopic (exact) mass is 269 g/mol. The van der Waals surface area contributed by atoms with Crippen molar-refractivity contribution < 1.29 is 0 Å². The molecule has 1 unspecified atom stereocenters. The van der Waals surface area contributed by atoms with Gasteiger partial charge in [-0.25, -0.2) is 0 Å². The Hall–Kier alpha value is -0.500. The molecule has 0 saturated heterocycles. The Bertz CT molecular complexity index is 426. The van der Waals surface area contributed by atoms with Gasteiger partial charge in [-0.15, -0.1) is 0 Å². The predicted molar refractivity (Wildman–Crippen MR) is 74.8 cm³/mol. The molecule has 1 nitrogen and oxygen atoms in total. The van der Waals surface area contributed by atoms with Crippen LogP contribution in [0.1, 0.15) is 37.3 Å². The molecule has 0 amide bonds. The molecule has 1 aromatic carbocycles. The van der Waals surface area contributed by atoms with Crippen LogP contribution in [-0.4, -0.2) is 7.05 Å². The third-order valence-electron chi connectivity index (χ3n) is 3.26. The molecule has 92 valence electrons. The van der Waals surface area contributed by atoms with E-state index >= 15 is 0 Å². The minimum Gasteiger partial charge on any atom is -0.310 e. The van der Waals surface area contributed by atoms with Gasteiger partial charge in [0.25, 0.3) is 0 Å². The summed E-state index contributed by atoms with van der Waals surface area (Å²) < 4.78 is 0. The van der Waals surface area contributed by atoms with Crippen molar-refractivity contribution in [3.05, 3.63) is 45.5 Å². The molecule has 17 heavy (non-hydrogen) atoms. The number of benzene rings is 1. The summed E-state index contributed by atoms with van der Waals surface area (Å²) >= 11 is 12.0. The van der Waals surface area contributed by atoms with Gasteiger partial charge in [0.05, 0.1) is 16.1 Å².